The Bertz CT molecular complexity index is 1450. The highest BCUT2D eigenvalue weighted by atomic mass is 35.5. The molecule has 1 unspecified atom stereocenters. The van der Waals surface area contributed by atoms with Gasteiger partial charge in [-0.15, -0.1) is 12.4 Å². The smallest absolute Gasteiger partial charge is 0.329 e. The molecule has 0 spiro atoms. The minimum absolute atomic E-state index is 0. The molecule has 0 radical (unpaired) electrons. The maximum Gasteiger partial charge on any atom is 0.329 e. The van der Waals surface area contributed by atoms with Crippen molar-refractivity contribution in [3.8, 4) is 5.75 Å². The lowest BCUT2D eigenvalue weighted by Gasteiger charge is -2.32. The van der Waals surface area contributed by atoms with E-state index < -0.39 is 5.69 Å². The second-order valence-corrected chi connectivity index (χ2v) is 8.85. The number of nitrogens with zero attached hydrogens (tertiary/aromatic N) is 1. The van der Waals surface area contributed by atoms with Crippen molar-refractivity contribution in [2.24, 2.45) is 5.92 Å². The molecule has 4 aromatic rings. The van der Waals surface area contributed by atoms with Gasteiger partial charge in [-0.2, -0.15) is 0 Å². The number of nitrogens with one attached hydrogen (secondary N) is 2. The van der Waals surface area contributed by atoms with Crippen molar-refractivity contribution in [2.45, 2.75) is 37.8 Å². The van der Waals surface area contributed by atoms with Crippen LogP contribution in [0.25, 0.3) is 22.1 Å². The van der Waals surface area contributed by atoms with Gasteiger partial charge in [0.05, 0.1) is 7.11 Å². The highest BCUT2D eigenvalue weighted by molar-refractivity contribution is 6.01. The Hall–Kier alpha value is -3.03. The van der Waals surface area contributed by atoms with Gasteiger partial charge in [-0.25, -0.2) is 4.79 Å². The fourth-order valence-corrected chi connectivity index (χ4v) is 5.78. The molecular formula is C25H26ClN3O4. The Morgan fingerprint density at radius 3 is 2.85 bits per heavy atom. The first-order chi connectivity index (χ1) is 15.7. The lowest BCUT2D eigenvalue weighted by molar-refractivity contribution is 0.370. The summed E-state index contributed by atoms with van der Waals surface area (Å²) in [6.07, 6.45) is 2.83. The van der Waals surface area contributed by atoms with E-state index in [0.717, 1.165) is 30.5 Å². The number of benzene rings is 2. The van der Waals surface area contributed by atoms with E-state index in [1.54, 1.807) is 13.2 Å². The number of rotatable bonds is 4. The zero-order valence-electron chi connectivity index (χ0n) is 18.3. The average Bonchev–Trinajstić information content (AvgIpc) is 3.40. The molecule has 0 saturated carbocycles. The molecule has 0 amide bonds. The van der Waals surface area contributed by atoms with Gasteiger partial charge in [0.15, 0.2) is 0 Å². The molecule has 2 aromatic carbocycles. The quantitative estimate of drug-likeness (QED) is 0.479. The fraction of sp³-hybridized carbons (Fsp3) is 0.360. The van der Waals surface area contributed by atoms with Crippen molar-refractivity contribution in [2.75, 3.05) is 13.7 Å². The van der Waals surface area contributed by atoms with Gasteiger partial charge < -0.3 is 19.5 Å². The molecule has 2 aromatic heterocycles. The molecule has 1 aliphatic heterocycles. The first kappa shape index (κ1) is 21.8. The molecule has 0 bridgehead atoms. The van der Waals surface area contributed by atoms with Crippen molar-refractivity contribution in [1.82, 2.24) is 14.9 Å². The minimum Gasteiger partial charge on any atom is -0.496 e. The van der Waals surface area contributed by atoms with E-state index >= 15 is 0 Å². The van der Waals surface area contributed by atoms with Gasteiger partial charge in [0.25, 0.3) is 5.56 Å². The van der Waals surface area contributed by atoms with Crippen molar-refractivity contribution >= 4 is 34.5 Å². The fourth-order valence-electron chi connectivity index (χ4n) is 5.78. The third kappa shape index (κ3) is 3.38. The van der Waals surface area contributed by atoms with E-state index in [2.05, 4.69) is 22.4 Å². The van der Waals surface area contributed by atoms with Crippen LogP contribution in [0.15, 0.2) is 56.5 Å². The van der Waals surface area contributed by atoms with E-state index in [1.807, 2.05) is 24.3 Å². The minimum atomic E-state index is -0.394. The van der Waals surface area contributed by atoms with E-state index in [4.69, 9.17) is 9.15 Å². The summed E-state index contributed by atoms with van der Waals surface area (Å²) >= 11 is 0. The number of H-pyrrole nitrogens is 1. The van der Waals surface area contributed by atoms with Gasteiger partial charge in [-0.1, -0.05) is 24.3 Å². The van der Waals surface area contributed by atoms with E-state index in [1.165, 1.54) is 15.7 Å². The number of para-hydroxylation sites is 1. The second kappa shape index (κ2) is 8.39. The lowest BCUT2D eigenvalue weighted by Crippen LogP contribution is -2.37. The maximum atomic E-state index is 13.1. The van der Waals surface area contributed by atoms with Gasteiger partial charge in [0.2, 0.25) is 5.58 Å². The third-order valence-electron chi connectivity index (χ3n) is 7.27. The van der Waals surface area contributed by atoms with Crippen molar-refractivity contribution in [3.05, 3.63) is 74.4 Å². The Labute approximate surface area is 196 Å². The molecular weight excluding hydrogens is 442 g/mol. The van der Waals surface area contributed by atoms with E-state index in [-0.39, 0.29) is 29.6 Å². The average molecular weight is 468 g/mol. The van der Waals surface area contributed by atoms with Crippen LogP contribution in [-0.2, 0) is 13.0 Å². The molecule has 1 saturated heterocycles. The van der Waals surface area contributed by atoms with Crippen LogP contribution >= 0.6 is 12.4 Å². The molecule has 6 rings (SSSR count). The van der Waals surface area contributed by atoms with Gasteiger partial charge in [0, 0.05) is 23.9 Å². The topological polar surface area (TPSA) is 89.3 Å². The monoisotopic (exact) mass is 467 g/mol. The van der Waals surface area contributed by atoms with Crippen molar-refractivity contribution < 1.29 is 9.15 Å². The molecule has 1 aliphatic carbocycles. The molecule has 1 fully saturated rings. The van der Waals surface area contributed by atoms with Gasteiger partial charge >= 0.3 is 5.69 Å². The van der Waals surface area contributed by atoms with E-state index in [0.29, 0.717) is 35.9 Å². The van der Waals surface area contributed by atoms with E-state index in [9.17, 15) is 9.59 Å². The largest absolute Gasteiger partial charge is 0.496 e. The molecule has 3 atom stereocenters. The Morgan fingerprint density at radius 2 is 2.00 bits per heavy atom. The normalized spacial score (nSPS) is 21.5. The van der Waals surface area contributed by atoms with Crippen LogP contribution in [-0.4, -0.2) is 29.2 Å². The number of fused-ring (bicyclic) bond motifs is 6. The highest BCUT2D eigenvalue weighted by Crippen LogP contribution is 2.45. The summed E-state index contributed by atoms with van der Waals surface area (Å²) in [7, 11) is 1.72. The van der Waals surface area contributed by atoms with Crippen LogP contribution < -0.4 is 21.3 Å². The number of ether oxygens (including phenoxy) is 1. The Morgan fingerprint density at radius 1 is 1.15 bits per heavy atom. The Balaban J connectivity index is 0.00000228. The number of aromatic nitrogens is 2. The summed E-state index contributed by atoms with van der Waals surface area (Å²) in [5.74, 6) is 1.88. The lowest BCUT2D eigenvalue weighted by atomic mass is 9.73. The second-order valence-electron chi connectivity index (χ2n) is 8.85. The number of hydrogen-bond donors (Lipinski definition) is 2. The molecule has 2 aliphatic rings. The number of methoxy groups -OCH3 is 1. The van der Waals surface area contributed by atoms with Crippen molar-refractivity contribution in [3.63, 3.8) is 0 Å². The van der Waals surface area contributed by atoms with Crippen LogP contribution in [0.3, 0.4) is 0 Å². The summed E-state index contributed by atoms with van der Waals surface area (Å²) in [6.45, 7) is 1.29. The molecule has 2 N–H and O–H groups in total. The zero-order valence-corrected chi connectivity index (χ0v) is 19.1. The molecule has 172 valence electrons. The molecule has 8 heteroatoms. The number of hydrogen-bond acceptors (Lipinski definition) is 5. The van der Waals surface area contributed by atoms with Gasteiger partial charge in [-0.3, -0.25) is 9.36 Å². The maximum absolute atomic E-state index is 13.1. The van der Waals surface area contributed by atoms with Crippen LogP contribution in [0.2, 0.25) is 0 Å². The number of halogens is 1. The predicted molar refractivity (Wildman–Crippen MR) is 130 cm³/mol. The summed E-state index contributed by atoms with van der Waals surface area (Å²) < 4.78 is 12.6. The Kier molecular flexibility index (Phi) is 5.54. The van der Waals surface area contributed by atoms with Crippen molar-refractivity contribution in [1.29, 1.82) is 0 Å². The molecule has 3 heterocycles. The number of aromatic amines is 1. The highest BCUT2D eigenvalue weighted by Gasteiger charge is 2.40. The van der Waals surface area contributed by atoms with Crippen LogP contribution in [0, 0.1) is 5.92 Å². The first-order valence-corrected chi connectivity index (χ1v) is 11.2. The third-order valence-corrected chi connectivity index (χ3v) is 7.27. The van der Waals surface area contributed by atoms with Gasteiger partial charge in [-0.05, 0) is 61.1 Å². The van der Waals surface area contributed by atoms with Crippen LogP contribution in [0.1, 0.15) is 29.9 Å². The molecule has 33 heavy (non-hydrogen) atoms. The summed E-state index contributed by atoms with van der Waals surface area (Å²) in [4.78, 5) is 28.8. The molecule has 7 nitrogen and oxygen atoms in total. The number of furan rings is 1. The van der Waals surface area contributed by atoms with Crippen LogP contribution in [0.5, 0.6) is 5.75 Å². The summed E-state index contributed by atoms with van der Waals surface area (Å²) in [5, 5.41) is 4.40. The standard InChI is InChI=1S/C25H25N3O4.ClH/c1-31-19-8-4-6-16-15(19)10-9-14-13-26-18(21(14)16)11-12-28-24(29)23-22(27-25(28)30)17-5-2-3-7-20(17)32-23;/h2-8,14,18,21,26H,9-13H2,1H3,(H,27,30);1H/t14-,18?,21+;/m0./s1. The van der Waals surface area contributed by atoms with Gasteiger partial charge in [0.1, 0.15) is 16.8 Å². The first-order valence-electron chi connectivity index (χ1n) is 11.2. The van der Waals surface area contributed by atoms with Crippen LogP contribution in [0.4, 0.5) is 0 Å². The SMILES string of the molecule is COc1cccc2c1CC[C@H]1CNC(CCn3c(=O)[nH]c4c(oc5ccccc54)c3=O)[C@@H]21.Cl. The summed E-state index contributed by atoms with van der Waals surface area (Å²) in [6, 6.07) is 13.8. The predicted octanol–water partition coefficient (Wildman–Crippen LogP) is 3.57. The summed E-state index contributed by atoms with van der Waals surface area (Å²) in [5.41, 5.74) is 3.14. The zero-order chi connectivity index (χ0) is 21.8.